The topological polar surface area (TPSA) is 6.48 Å². The van der Waals surface area contributed by atoms with Crippen molar-refractivity contribution in [3.8, 4) is 0 Å². The molecule has 1 heterocycles. The second-order valence-corrected chi connectivity index (χ2v) is 4.81. The van der Waals surface area contributed by atoms with Gasteiger partial charge in [-0.15, -0.1) is 0 Å². The van der Waals surface area contributed by atoms with Crippen molar-refractivity contribution in [1.29, 1.82) is 0 Å². The van der Waals surface area contributed by atoms with Crippen LogP contribution in [0.1, 0.15) is 13.8 Å². The largest absolute Gasteiger partial charge is 0.304 e. The van der Waals surface area contributed by atoms with Crippen LogP contribution in [0.3, 0.4) is 0 Å². The fourth-order valence-corrected chi connectivity index (χ4v) is 2.43. The first-order valence-corrected chi connectivity index (χ1v) is 6.78. The molecule has 0 aliphatic carbocycles. The number of nitrogens with zero attached hydrogens (tertiary/aromatic N) is 2. The van der Waals surface area contributed by atoms with Gasteiger partial charge in [-0.2, -0.15) is 0 Å². The number of hydrogen-bond acceptors (Lipinski definition) is 3. The molecule has 1 aliphatic rings. The molecule has 2 nitrogen and oxygen atoms in total. The van der Waals surface area contributed by atoms with Gasteiger partial charge in [-0.3, -0.25) is 0 Å². The van der Waals surface area contributed by atoms with Crippen LogP contribution in [0.5, 0.6) is 0 Å². The zero-order chi connectivity index (χ0) is 11.8. The maximum Gasteiger partial charge on any atom is 0.0230 e. The first-order chi connectivity index (χ1) is 7.84. The monoisotopic (exact) mass is 238 g/mol. The predicted molar refractivity (Wildman–Crippen MR) is 72.7 cm³/mol. The summed E-state index contributed by atoms with van der Waals surface area (Å²) in [6.07, 6.45) is 0. The predicted octanol–water partition coefficient (Wildman–Crippen LogP) is 2.97. The van der Waals surface area contributed by atoms with Gasteiger partial charge in [-0.25, -0.2) is 4.31 Å². The van der Waals surface area contributed by atoms with Gasteiger partial charge in [-0.1, -0.05) is 32.0 Å². The Morgan fingerprint density at radius 2 is 1.50 bits per heavy atom. The standard InChI is InChI=1S/C11H16N2S.C2H6/c1-12-7-9-13(10-8-12)14-11-5-3-2-4-6-11;1-2/h2-6H,7-10H2,1H3;1-2H3. The fraction of sp³-hybridized carbons (Fsp3) is 0.538. The average Bonchev–Trinajstić information content (AvgIpc) is 2.36. The lowest BCUT2D eigenvalue weighted by Gasteiger charge is -2.31. The molecule has 0 N–H and O–H groups in total. The summed E-state index contributed by atoms with van der Waals surface area (Å²) in [7, 11) is 2.19. The maximum atomic E-state index is 2.44. The zero-order valence-corrected chi connectivity index (χ0v) is 11.3. The summed E-state index contributed by atoms with van der Waals surface area (Å²) in [5.74, 6) is 0. The highest BCUT2D eigenvalue weighted by Gasteiger charge is 2.14. The molecule has 1 fully saturated rings. The molecule has 0 bridgehead atoms. The van der Waals surface area contributed by atoms with E-state index in [4.69, 9.17) is 0 Å². The third-order valence-corrected chi connectivity index (χ3v) is 3.55. The lowest BCUT2D eigenvalue weighted by Crippen LogP contribution is -2.40. The molecule has 0 atom stereocenters. The first kappa shape index (κ1) is 13.6. The second-order valence-electron chi connectivity index (χ2n) is 3.64. The molecule has 1 saturated heterocycles. The van der Waals surface area contributed by atoms with Crippen molar-refractivity contribution in [3.63, 3.8) is 0 Å². The molecule has 0 unspecified atom stereocenters. The minimum absolute atomic E-state index is 1.16. The van der Waals surface area contributed by atoms with Gasteiger partial charge in [0.1, 0.15) is 0 Å². The van der Waals surface area contributed by atoms with Gasteiger partial charge in [0.2, 0.25) is 0 Å². The van der Waals surface area contributed by atoms with Crippen LogP contribution < -0.4 is 0 Å². The highest BCUT2D eigenvalue weighted by Crippen LogP contribution is 2.22. The number of hydrogen-bond donors (Lipinski definition) is 0. The van der Waals surface area contributed by atoms with Crippen LogP contribution in [-0.4, -0.2) is 42.4 Å². The number of benzene rings is 1. The lowest BCUT2D eigenvalue weighted by molar-refractivity contribution is 0.233. The Morgan fingerprint density at radius 3 is 2.06 bits per heavy atom. The summed E-state index contributed by atoms with van der Waals surface area (Å²) in [6, 6.07) is 10.6. The fourth-order valence-electron chi connectivity index (χ4n) is 1.51. The van der Waals surface area contributed by atoms with Crippen molar-refractivity contribution in [2.75, 3.05) is 33.2 Å². The molecule has 0 radical (unpaired) electrons. The van der Waals surface area contributed by atoms with Crippen LogP contribution in [0, 0.1) is 0 Å². The molecule has 0 aromatic heterocycles. The van der Waals surface area contributed by atoms with Crippen molar-refractivity contribution < 1.29 is 0 Å². The highest BCUT2D eigenvalue weighted by molar-refractivity contribution is 7.97. The Bertz CT molecular complexity index is 269. The molecular formula is C13H22N2S. The average molecular weight is 238 g/mol. The van der Waals surface area contributed by atoms with E-state index in [1.54, 1.807) is 0 Å². The second kappa shape index (κ2) is 7.71. The van der Waals surface area contributed by atoms with E-state index >= 15 is 0 Å². The Labute approximate surface area is 104 Å². The van der Waals surface area contributed by atoms with Gasteiger partial charge in [-0.05, 0) is 31.1 Å². The van der Waals surface area contributed by atoms with Crippen LogP contribution in [0.4, 0.5) is 0 Å². The minimum Gasteiger partial charge on any atom is -0.304 e. The smallest absolute Gasteiger partial charge is 0.0230 e. The van der Waals surface area contributed by atoms with E-state index in [1.165, 1.54) is 18.0 Å². The number of piperazine rings is 1. The van der Waals surface area contributed by atoms with Crippen molar-refractivity contribution in [3.05, 3.63) is 30.3 Å². The van der Waals surface area contributed by atoms with Crippen LogP contribution in [0.25, 0.3) is 0 Å². The van der Waals surface area contributed by atoms with Crippen molar-refractivity contribution in [1.82, 2.24) is 9.21 Å². The SMILES string of the molecule is CC.CN1CCN(Sc2ccccc2)CC1. The van der Waals surface area contributed by atoms with E-state index in [1.807, 2.05) is 25.8 Å². The van der Waals surface area contributed by atoms with Gasteiger partial charge in [0, 0.05) is 31.1 Å². The van der Waals surface area contributed by atoms with E-state index in [-0.39, 0.29) is 0 Å². The number of rotatable bonds is 2. The third-order valence-electron chi connectivity index (χ3n) is 2.44. The van der Waals surface area contributed by atoms with Crippen molar-refractivity contribution in [2.24, 2.45) is 0 Å². The summed E-state index contributed by atoms with van der Waals surface area (Å²) in [5, 5.41) is 0. The molecule has 3 heteroatoms. The van der Waals surface area contributed by atoms with Crippen LogP contribution in [-0.2, 0) is 0 Å². The first-order valence-electron chi connectivity index (χ1n) is 6.01. The van der Waals surface area contributed by atoms with Gasteiger partial charge < -0.3 is 4.90 Å². The van der Waals surface area contributed by atoms with Crippen LogP contribution in [0.15, 0.2) is 35.2 Å². The summed E-state index contributed by atoms with van der Waals surface area (Å²) < 4.78 is 2.44. The summed E-state index contributed by atoms with van der Waals surface area (Å²) in [6.45, 7) is 8.69. The summed E-state index contributed by atoms with van der Waals surface area (Å²) in [5.41, 5.74) is 0. The minimum atomic E-state index is 1.16. The molecule has 1 aliphatic heterocycles. The van der Waals surface area contributed by atoms with Crippen LogP contribution >= 0.6 is 11.9 Å². The van der Waals surface area contributed by atoms with Gasteiger partial charge >= 0.3 is 0 Å². The quantitative estimate of drug-likeness (QED) is 0.731. The van der Waals surface area contributed by atoms with Gasteiger partial charge in [0.15, 0.2) is 0 Å². The molecule has 1 aromatic carbocycles. The number of likely N-dealkylation sites (N-methyl/N-ethyl adjacent to an activating group) is 1. The lowest BCUT2D eigenvalue weighted by atomic mass is 10.4. The molecule has 0 amide bonds. The van der Waals surface area contributed by atoms with Crippen LogP contribution in [0.2, 0.25) is 0 Å². The molecule has 0 spiro atoms. The maximum absolute atomic E-state index is 2.44. The normalized spacial score (nSPS) is 17.7. The Morgan fingerprint density at radius 1 is 0.938 bits per heavy atom. The van der Waals surface area contributed by atoms with E-state index in [0.717, 1.165) is 13.1 Å². The highest BCUT2D eigenvalue weighted by atomic mass is 32.2. The molecule has 0 saturated carbocycles. The van der Waals surface area contributed by atoms with Gasteiger partial charge in [0.25, 0.3) is 0 Å². The molecule has 16 heavy (non-hydrogen) atoms. The Kier molecular flexibility index (Phi) is 6.53. The summed E-state index contributed by atoms with van der Waals surface area (Å²) in [4.78, 5) is 3.72. The molecule has 1 aromatic rings. The third kappa shape index (κ3) is 4.56. The van der Waals surface area contributed by atoms with E-state index < -0.39 is 0 Å². The van der Waals surface area contributed by atoms with E-state index in [9.17, 15) is 0 Å². The molecule has 90 valence electrons. The van der Waals surface area contributed by atoms with E-state index in [2.05, 4.69) is 46.6 Å². The van der Waals surface area contributed by atoms with Gasteiger partial charge in [0.05, 0.1) is 0 Å². The molecular weight excluding hydrogens is 216 g/mol. The Balaban J connectivity index is 0.000000606. The zero-order valence-electron chi connectivity index (χ0n) is 10.5. The Hall–Kier alpha value is -0.510. The molecule has 2 rings (SSSR count). The van der Waals surface area contributed by atoms with E-state index in [0.29, 0.717) is 0 Å². The summed E-state index contributed by atoms with van der Waals surface area (Å²) >= 11 is 1.87. The van der Waals surface area contributed by atoms with Crippen molar-refractivity contribution in [2.45, 2.75) is 18.7 Å². The van der Waals surface area contributed by atoms with Crippen molar-refractivity contribution >= 4 is 11.9 Å².